The first-order valence-corrected chi connectivity index (χ1v) is 5.90. The van der Waals surface area contributed by atoms with Gasteiger partial charge in [0.15, 0.2) is 0 Å². The standard InChI is InChI=1S/C12H7Cl2N3O/c13-7-2-3-8(9(14)6-7)10-11(18)17-5-1-4-15-12(17)16-10/h1-6,18H. The van der Waals surface area contributed by atoms with E-state index < -0.39 is 0 Å². The molecule has 3 aromatic rings. The molecule has 0 fully saturated rings. The van der Waals surface area contributed by atoms with Crippen LogP contribution >= 0.6 is 23.2 Å². The molecule has 0 amide bonds. The Labute approximate surface area is 112 Å². The highest BCUT2D eigenvalue weighted by molar-refractivity contribution is 6.36. The summed E-state index contributed by atoms with van der Waals surface area (Å²) in [7, 11) is 0. The van der Waals surface area contributed by atoms with E-state index in [-0.39, 0.29) is 5.88 Å². The lowest BCUT2D eigenvalue weighted by Gasteiger charge is -2.01. The van der Waals surface area contributed by atoms with Crippen LogP contribution in [0.25, 0.3) is 17.0 Å². The van der Waals surface area contributed by atoms with Gasteiger partial charge in [-0.1, -0.05) is 23.2 Å². The second-order valence-corrected chi connectivity index (χ2v) is 4.54. The van der Waals surface area contributed by atoms with E-state index in [1.807, 2.05) is 0 Å². The van der Waals surface area contributed by atoms with E-state index in [4.69, 9.17) is 23.2 Å². The number of imidazole rings is 1. The van der Waals surface area contributed by atoms with Gasteiger partial charge in [-0.25, -0.2) is 9.97 Å². The van der Waals surface area contributed by atoms with Gasteiger partial charge in [0.05, 0.1) is 5.02 Å². The van der Waals surface area contributed by atoms with Crippen LogP contribution < -0.4 is 0 Å². The first-order valence-electron chi connectivity index (χ1n) is 5.14. The van der Waals surface area contributed by atoms with E-state index in [0.717, 1.165) is 0 Å². The monoisotopic (exact) mass is 279 g/mol. The van der Waals surface area contributed by atoms with Crippen LogP contribution in [0.15, 0.2) is 36.7 Å². The Morgan fingerprint density at radius 2 is 2.06 bits per heavy atom. The molecule has 2 heterocycles. The Morgan fingerprint density at radius 1 is 1.22 bits per heavy atom. The molecule has 18 heavy (non-hydrogen) atoms. The van der Waals surface area contributed by atoms with Gasteiger partial charge in [0.1, 0.15) is 5.69 Å². The van der Waals surface area contributed by atoms with Crippen LogP contribution in [0.2, 0.25) is 10.0 Å². The number of benzene rings is 1. The summed E-state index contributed by atoms with van der Waals surface area (Å²) in [6.45, 7) is 0. The Kier molecular flexibility index (Phi) is 2.61. The Morgan fingerprint density at radius 3 is 2.78 bits per heavy atom. The lowest BCUT2D eigenvalue weighted by atomic mass is 10.1. The third-order valence-corrected chi connectivity index (χ3v) is 3.11. The van der Waals surface area contributed by atoms with Gasteiger partial charge >= 0.3 is 0 Å². The molecule has 0 aliphatic heterocycles. The van der Waals surface area contributed by atoms with Crippen LogP contribution in [0.1, 0.15) is 0 Å². The fraction of sp³-hybridized carbons (Fsp3) is 0. The zero-order valence-electron chi connectivity index (χ0n) is 9.01. The molecule has 0 bridgehead atoms. The second-order valence-electron chi connectivity index (χ2n) is 3.70. The highest BCUT2D eigenvalue weighted by Gasteiger charge is 2.16. The molecule has 2 aromatic heterocycles. The molecule has 3 rings (SSSR count). The van der Waals surface area contributed by atoms with Crippen molar-refractivity contribution in [1.29, 1.82) is 0 Å². The van der Waals surface area contributed by atoms with Gasteiger partial charge in [0.25, 0.3) is 0 Å². The van der Waals surface area contributed by atoms with Crippen LogP contribution in [0, 0.1) is 0 Å². The van der Waals surface area contributed by atoms with Crippen molar-refractivity contribution in [3.63, 3.8) is 0 Å². The molecule has 0 radical (unpaired) electrons. The van der Waals surface area contributed by atoms with E-state index >= 15 is 0 Å². The van der Waals surface area contributed by atoms with E-state index in [1.54, 1.807) is 36.7 Å². The van der Waals surface area contributed by atoms with Gasteiger partial charge in [-0.05, 0) is 24.3 Å². The van der Waals surface area contributed by atoms with Crippen molar-refractivity contribution >= 4 is 29.0 Å². The predicted molar refractivity (Wildman–Crippen MR) is 70.1 cm³/mol. The van der Waals surface area contributed by atoms with Crippen molar-refractivity contribution in [2.45, 2.75) is 0 Å². The van der Waals surface area contributed by atoms with E-state index in [2.05, 4.69) is 9.97 Å². The fourth-order valence-corrected chi connectivity index (χ4v) is 2.24. The molecule has 1 aromatic carbocycles. The maximum Gasteiger partial charge on any atom is 0.237 e. The SMILES string of the molecule is Oc1c(-c2ccc(Cl)cc2Cl)nc2ncccn12. The average Bonchev–Trinajstić information content (AvgIpc) is 2.68. The first kappa shape index (κ1) is 11.3. The number of rotatable bonds is 1. The summed E-state index contributed by atoms with van der Waals surface area (Å²) in [5, 5.41) is 11.1. The summed E-state index contributed by atoms with van der Waals surface area (Å²) >= 11 is 11.9. The Balaban J connectivity index is 2.28. The topological polar surface area (TPSA) is 50.4 Å². The summed E-state index contributed by atoms with van der Waals surface area (Å²) in [5.74, 6) is 0.415. The van der Waals surface area contributed by atoms with Crippen molar-refractivity contribution in [3.05, 3.63) is 46.7 Å². The van der Waals surface area contributed by atoms with Crippen LogP contribution in [0.3, 0.4) is 0 Å². The van der Waals surface area contributed by atoms with E-state index in [9.17, 15) is 5.11 Å². The number of nitrogens with zero attached hydrogens (tertiary/aromatic N) is 3. The molecule has 0 aliphatic carbocycles. The third-order valence-electron chi connectivity index (χ3n) is 2.56. The molecule has 1 N–H and O–H groups in total. The normalized spacial score (nSPS) is 11.0. The quantitative estimate of drug-likeness (QED) is 0.743. The van der Waals surface area contributed by atoms with Crippen LogP contribution in [0.5, 0.6) is 5.88 Å². The Bertz CT molecular complexity index is 739. The molecule has 0 atom stereocenters. The van der Waals surface area contributed by atoms with Crippen LogP contribution in [-0.4, -0.2) is 19.5 Å². The molecule has 6 heteroatoms. The van der Waals surface area contributed by atoms with Crippen molar-refractivity contribution in [3.8, 4) is 17.1 Å². The number of hydrogen-bond donors (Lipinski definition) is 1. The molecular formula is C12H7Cl2N3O. The maximum atomic E-state index is 10.1. The molecule has 0 aliphatic rings. The zero-order valence-corrected chi connectivity index (χ0v) is 10.5. The molecule has 0 spiro atoms. The second kappa shape index (κ2) is 4.15. The lowest BCUT2D eigenvalue weighted by molar-refractivity contribution is 0.450. The predicted octanol–water partition coefficient (Wildman–Crippen LogP) is 3.41. The molecule has 0 unspecified atom stereocenters. The zero-order chi connectivity index (χ0) is 12.7. The van der Waals surface area contributed by atoms with Gasteiger partial charge in [0, 0.05) is 23.0 Å². The van der Waals surface area contributed by atoms with Crippen molar-refractivity contribution < 1.29 is 5.11 Å². The minimum atomic E-state index is 0.00215. The number of hydrogen-bond acceptors (Lipinski definition) is 3. The van der Waals surface area contributed by atoms with Crippen molar-refractivity contribution in [2.75, 3.05) is 0 Å². The van der Waals surface area contributed by atoms with Crippen LogP contribution in [0.4, 0.5) is 0 Å². The third kappa shape index (κ3) is 1.70. The minimum Gasteiger partial charge on any atom is -0.493 e. The number of halogens is 2. The van der Waals surface area contributed by atoms with Crippen molar-refractivity contribution in [1.82, 2.24) is 14.4 Å². The smallest absolute Gasteiger partial charge is 0.237 e. The average molecular weight is 280 g/mol. The Hall–Kier alpha value is -1.78. The molecule has 0 saturated heterocycles. The van der Waals surface area contributed by atoms with E-state index in [0.29, 0.717) is 27.1 Å². The van der Waals surface area contributed by atoms with Gasteiger partial charge < -0.3 is 5.11 Å². The largest absolute Gasteiger partial charge is 0.493 e. The van der Waals surface area contributed by atoms with Gasteiger partial charge in [0.2, 0.25) is 11.7 Å². The lowest BCUT2D eigenvalue weighted by Crippen LogP contribution is -1.84. The summed E-state index contributed by atoms with van der Waals surface area (Å²) in [4.78, 5) is 8.31. The van der Waals surface area contributed by atoms with Gasteiger partial charge in [-0.15, -0.1) is 0 Å². The summed E-state index contributed by atoms with van der Waals surface area (Å²) < 4.78 is 1.49. The number of aromatic nitrogens is 3. The highest BCUT2D eigenvalue weighted by Crippen LogP contribution is 2.35. The molecular weight excluding hydrogens is 273 g/mol. The van der Waals surface area contributed by atoms with E-state index in [1.165, 1.54) is 4.40 Å². The van der Waals surface area contributed by atoms with Crippen LogP contribution in [-0.2, 0) is 0 Å². The maximum absolute atomic E-state index is 10.1. The number of fused-ring (bicyclic) bond motifs is 1. The molecule has 90 valence electrons. The molecule has 4 nitrogen and oxygen atoms in total. The number of aromatic hydroxyl groups is 1. The summed E-state index contributed by atoms with van der Waals surface area (Å²) in [6.07, 6.45) is 3.28. The first-order chi connectivity index (χ1) is 8.66. The van der Waals surface area contributed by atoms with Gasteiger partial charge in [-0.3, -0.25) is 4.40 Å². The summed E-state index contributed by atoms with van der Waals surface area (Å²) in [5.41, 5.74) is 0.999. The molecule has 0 saturated carbocycles. The minimum absolute atomic E-state index is 0.00215. The van der Waals surface area contributed by atoms with Crippen molar-refractivity contribution in [2.24, 2.45) is 0 Å². The van der Waals surface area contributed by atoms with Gasteiger partial charge in [-0.2, -0.15) is 0 Å². The summed E-state index contributed by atoms with van der Waals surface area (Å²) in [6, 6.07) is 6.72. The highest BCUT2D eigenvalue weighted by atomic mass is 35.5. The fourth-order valence-electron chi connectivity index (χ4n) is 1.74.